The Morgan fingerprint density at radius 1 is 1.09 bits per heavy atom. The zero-order chi connectivity index (χ0) is 16.6. The van der Waals surface area contributed by atoms with E-state index in [9.17, 15) is 13.2 Å². The lowest BCUT2D eigenvalue weighted by Gasteiger charge is -2.37. The molecule has 2 aliphatic rings. The summed E-state index contributed by atoms with van der Waals surface area (Å²) in [4.78, 5) is 16.8. The van der Waals surface area contributed by atoms with Gasteiger partial charge in [0.25, 0.3) is 0 Å². The number of hydrogen-bond acceptors (Lipinski definition) is 4. The molecule has 23 heavy (non-hydrogen) atoms. The van der Waals surface area contributed by atoms with Crippen molar-refractivity contribution in [2.75, 3.05) is 43.9 Å². The van der Waals surface area contributed by atoms with E-state index in [0.717, 1.165) is 18.7 Å². The molecule has 2 heterocycles. The molecule has 0 bridgehead atoms. The number of benzene rings is 1. The summed E-state index contributed by atoms with van der Waals surface area (Å²) in [7, 11) is -3.14. The van der Waals surface area contributed by atoms with Crippen LogP contribution in [0.15, 0.2) is 24.3 Å². The fraction of sp³-hybridized carbons (Fsp3) is 0.562. The highest BCUT2D eigenvalue weighted by atomic mass is 32.2. The topological polar surface area (TPSA) is 60.9 Å². The maximum absolute atomic E-state index is 12.8. The Morgan fingerprint density at radius 3 is 2.39 bits per heavy atom. The van der Waals surface area contributed by atoms with E-state index in [1.54, 1.807) is 0 Å². The molecule has 6 nitrogen and oxygen atoms in total. The molecule has 1 amide bonds. The number of anilines is 1. The molecular weight excluding hydrogens is 314 g/mol. The van der Waals surface area contributed by atoms with Gasteiger partial charge in [0, 0.05) is 38.4 Å². The minimum absolute atomic E-state index is 0.0998. The first-order chi connectivity index (χ1) is 10.9. The lowest BCUT2D eigenvalue weighted by Crippen LogP contribution is -2.55. The molecule has 3 rings (SSSR count). The van der Waals surface area contributed by atoms with E-state index >= 15 is 0 Å². The number of fused-ring (bicyclic) bond motifs is 1. The fourth-order valence-electron chi connectivity index (χ4n) is 3.37. The van der Waals surface area contributed by atoms with Crippen molar-refractivity contribution in [1.82, 2.24) is 9.21 Å². The Balaban J connectivity index is 1.66. The molecular formula is C16H23N3O3S. The number of para-hydroxylation sites is 1. The molecule has 1 fully saturated rings. The Morgan fingerprint density at radius 2 is 1.74 bits per heavy atom. The largest absolute Gasteiger partial charge is 0.310 e. The van der Waals surface area contributed by atoms with Crippen molar-refractivity contribution in [1.29, 1.82) is 0 Å². The van der Waals surface area contributed by atoms with Crippen molar-refractivity contribution >= 4 is 21.6 Å². The van der Waals surface area contributed by atoms with E-state index in [1.165, 1.54) is 16.1 Å². The maximum atomic E-state index is 12.8. The van der Waals surface area contributed by atoms with E-state index in [-0.39, 0.29) is 11.9 Å². The van der Waals surface area contributed by atoms with E-state index in [0.29, 0.717) is 26.2 Å². The second kappa shape index (κ2) is 6.22. The molecule has 0 spiro atoms. The van der Waals surface area contributed by atoms with Gasteiger partial charge in [-0.15, -0.1) is 0 Å². The molecule has 126 valence electrons. The van der Waals surface area contributed by atoms with Gasteiger partial charge in [0.2, 0.25) is 15.9 Å². The van der Waals surface area contributed by atoms with Gasteiger partial charge >= 0.3 is 0 Å². The van der Waals surface area contributed by atoms with E-state index in [1.807, 2.05) is 30.0 Å². The van der Waals surface area contributed by atoms with Gasteiger partial charge in [0.15, 0.2) is 0 Å². The van der Waals surface area contributed by atoms with Crippen molar-refractivity contribution in [2.24, 2.45) is 0 Å². The van der Waals surface area contributed by atoms with Crippen molar-refractivity contribution in [3.05, 3.63) is 29.8 Å². The Kier molecular flexibility index (Phi) is 4.44. The van der Waals surface area contributed by atoms with Gasteiger partial charge in [-0.1, -0.05) is 18.2 Å². The molecule has 1 atom stereocenters. The smallest absolute Gasteiger partial charge is 0.244 e. The van der Waals surface area contributed by atoms with Gasteiger partial charge in [-0.05, 0) is 25.0 Å². The molecule has 0 aromatic heterocycles. The van der Waals surface area contributed by atoms with Gasteiger partial charge in [-0.25, -0.2) is 8.42 Å². The normalized spacial score (nSPS) is 21.2. The Bertz CT molecular complexity index is 696. The summed E-state index contributed by atoms with van der Waals surface area (Å²) in [5.41, 5.74) is 2.23. The number of amides is 1. The van der Waals surface area contributed by atoms with Crippen LogP contribution < -0.4 is 4.90 Å². The summed E-state index contributed by atoms with van der Waals surface area (Å²) >= 11 is 0. The van der Waals surface area contributed by atoms with Crippen molar-refractivity contribution in [2.45, 2.75) is 19.4 Å². The molecule has 2 aliphatic heterocycles. The van der Waals surface area contributed by atoms with Crippen molar-refractivity contribution < 1.29 is 13.2 Å². The van der Waals surface area contributed by atoms with Crippen LogP contribution >= 0.6 is 0 Å². The average Bonchev–Trinajstić information content (AvgIpc) is 2.97. The molecule has 0 saturated carbocycles. The van der Waals surface area contributed by atoms with Crippen LogP contribution in [-0.4, -0.2) is 68.6 Å². The second-order valence-electron chi connectivity index (χ2n) is 6.24. The van der Waals surface area contributed by atoms with E-state index in [2.05, 4.69) is 11.0 Å². The van der Waals surface area contributed by atoms with Gasteiger partial charge < -0.3 is 4.90 Å². The quantitative estimate of drug-likeness (QED) is 0.808. The lowest BCUT2D eigenvalue weighted by atomic mass is 10.1. The van der Waals surface area contributed by atoms with Crippen LogP contribution in [0.5, 0.6) is 0 Å². The first kappa shape index (κ1) is 16.4. The SMILES string of the molecule is C[C@@H](C(=O)N1CCc2ccccc21)N1CCN(S(C)(=O)=O)CC1. The lowest BCUT2D eigenvalue weighted by molar-refractivity contribution is -0.123. The van der Waals surface area contributed by atoms with Gasteiger partial charge in [-0.3, -0.25) is 9.69 Å². The third-order valence-electron chi connectivity index (χ3n) is 4.80. The Hall–Kier alpha value is -1.44. The van der Waals surface area contributed by atoms with Crippen LogP contribution in [0.1, 0.15) is 12.5 Å². The fourth-order valence-corrected chi connectivity index (χ4v) is 4.20. The van der Waals surface area contributed by atoms with Crippen molar-refractivity contribution in [3.8, 4) is 0 Å². The van der Waals surface area contributed by atoms with Crippen molar-refractivity contribution in [3.63, 3.8) is 0 Å². The number of carbonyl (C=O) groups is 1. The van der Waals surface area contributed by atoms with E-state index < -0.39 is 10.0 Å². The summed E-state index contributed by atoms with van der Waals surface area (Å²) in [6, 6.07) is 7.79. The number of nitrogens with zero attached hydrogens (tertiary/aromatic N) is 3. The standard InChI is InChI=1S/C16H23N3O3S/c1-13(17-9-11-18(12-10-17)23(2,21)22)16(20)19-8-7-14-5-3-4-6-15(14)19/h3-6,13H,7-12H2,1-2H3/t13-/m0/s1. The van der Waals surface area contributed by atoms with E-state index in [4.69, 9.17) is 0 Å². The minimum Gasteiger partial charge on any atom is -0.310 e. The molecule has 1 saturated heterocycles. The monoisotopic (exact) mass is 337 g/mol. The summed E-state index contributed by atoms with van der Waals surface area (Å²) in [5.74, 6) is 0.0998. The molecule has 0 unspecified atom stereocenters. The number of sulfonamides is 1. The zero-order valence-corrected chi connectivity index (χ0v) is 14.4. The van der Waals surface area contributed by atoms with Gasteiger partial charge in [0.05, 0.1) is 12.3 Å². The van der Waals surface area contributed by atoms with Crippen LogP contribution in [0.25, 0.3) is 0 Å². The predicted octanol–water partition coefficient (Wildman–Crippen LogP) is 0.541. The molecule has 1 aromatic rings. The third kappa shape index (κ3) is 3.27. The summed E-state index contributed by atoms with van der Waals surface area (Å²) in [6.07, 6.45) is 2.13. The highest BCUT2D eigenvalue weighted by molar-refractivity contribution is 7.88. The third-order valence-corrected chi connectivity index (χ3v) is 6.10. The number of hydrogen-bond donors (Lipinski definition) is 0. The first-order valence-electron chi connectivity index (χ1n) is 7.96. The number of piperazine rings is 1. The summed E-state index contributed by atoms with van der Waals surface area (Å²) in [5, 5.41) is 0. The molecule has 7 heteroatoms. The summed E-state index contributed by atoms with van der Waals surface area (Å²) < 4.78 is 24.6. The van der Waals surface area contributed by atoms with Crippen LogP contribution in [0.3, 0.4) is 0 Å². The second-order valence-corrected chi connectivity index (χ2v) is 8.23. The first-order valence-corrected chi connectivity index (χ1v) is 9.81. The Labute approximate surface area is 137 Å². The highest BCUT2D eigenvalue weighted by Crippen LogP contribution is 2.28. The van der Waals surface area contributed by atoms with Crippen LogP contribution in [-0.2, 0) is 21.2 Å². The molecule has 0 radical (unpaired) electrons. The molecule has 0 aliphatic carbocycles. The molecule has 1 aromatic carbocycles. The van der Waals surface area contributed by atoms with Crippen LogP contribution in [0.2, 0.25) is 0 Å². The predicted molar refractivity (Wildman–Crippen MR) is 90.0 cm³/mol. The zero-order valence-electron chi connectivity index (χ0n) is 13.6. The number of carbonyl (C=O) groups excluding carboxylic acids is 1. The van der Waals surface area contributed by atoms with Gasteiger partial charge in [-0.2, -0.15) is 4.31 Å². The number of rotatable bonds is 3. The maximum Gasteiger partial charge on any atom is 0.244 e. The summed E-state index contributed by atoms with van der Waals surface area (Å²) in [6.45, 7) is 4.73. The average molecular weight is 337 g/mol. The molecule has 0 N–H and O–H groups in total. The van der Waals surface area contributed by atoms with Crippen LogP contribution in [0, 0.1) is 0 Å². The van der Waals surface area contributed by atoms with Crippen LogP contribution in [0.4, 0.5) is 5.69 Å². The highest BCUT2D eigenvalue weighted by Gasteiger charge is 2.33. The van der Waals surface area contributed by atoms with Gasteiger partial charge in [0.1, 0.15) is 0 Å². The minimum atomic E-state index is -3.14.